The second-order valence-electron chi connectivity index (χ2n) is 5.35. The van der Waals surface area contributed by atoms with Gasteiger partial charge in [0, 0.05) is 16.2 Å². The van der Waals surface area contributed by atoms with Crippen molar-refractivity contribution in [1.82, 2.24) is 0 Å². The normalized spacial score (nSPS) is 11.3. The first kappa shape index (κ1) is 16.0. The third-order valence-corrected chi connectivity index (χ3v) is 3.89. The van der Waals surface area contributed by atoms with Crippen LogP contribution in [0.4, 0.5) is 0 Å². The summed E-state index contributed by atoms with van der Waals surface area (Å²) >= 11 is 5.93. The number of benzene rings is 3. The van der Waals surface area contributed by atoms with Crippen molar-refractivity contribution >= 4 is 29.0 Å². The van der Waals surface area contributed by atoms with Gasteiger partial charge in [-0.1, -0.05) is 54.1 Å². The number of phenolic OH excluding ortho intramolecular Hbond substituents is 1. The topological polar surface area (TPSA) is 37.3 Å². The van der Waals surface area contributed by atoms with Crippen molar-refractivity contribution < 1.29 is 9.90 Å². The molecule has 0 saturated heterocycles. The van der Waals surface area contributed by atoms with E-state index >= 15 is 0 Å². The third-order valence-electron chi connectivity index (χ3n) is 3.64. The third kappa shape index (κ3) is 3.73. The SMILES string of the molecule is O=C(/C(=C\c1ccc(Cl)cc1)c1ccccc1)c1ccc(O)cc1. The van der Waals surface area contributed by atoms with Crippen molar-refractivity contribution in [2.45, 2.75) is 0 Å². The predicted molar refractivity (Wildman–Crippen MR) is 98.2 cm³/mol. The summed E-state index contributed by atoms with van der Waals surface area (Å²) in [6.45, 7) is 0. The maximum Gasteiger partial charge on any atom is 0.193 e. The first-order chi connectivity index (χ1) is 11.6. The van der Waals surface area contributed by atoms with Crippen molar-refractivity contribution in [1.29, 1.82) is 0 Å². The van der Waals surface area contributed by atoms with E-state index in [1.807, 2.05) is 48.5 Å². The molecular weight excluding hydrogens is 320 g/mol. The number of carbonyl (C=O) groups excluding carboxylic acids is 1. The Balaban J connectivity index is 2.06. The average Bonchev–Trinajstić information content (AvgIpc) is 2.62. The summed E-state index contributed by atoms with van der Waals surface area (Å²) in [6.07, 6.45) is 1.85. The number of Topliss-reactive ketones (excluding diaryl/α,β-unsaturated/α-hetero) is 1. The van der Waals surface area contributed by atoms with Gasteiger partial charge >= 0.3 is 0 Å². The lowest BCUT2D eigenvalue weighted by Gasteiger charge is -2.08. The average molecular weight is 335 g/mol. The zero-order valence-electron chi connectivity index (χ0n) is 12.8. The van der Waals surface area contributed by atoms with Crippen LogP contribution in [0.15, 0.2) is 78.9 Å². The van der Waals surface area contributed by atoms with E-state index in [2.05, 4.69) is 0 Å². The summed E-state index contributed by atoms with van der Waals surface area (Å²) in [5.74, 6) is 0.0330. The summed E-state index contributed by atoms with van der Waals surface area (Å²) < 4.78 is 0. The van der Waals surface area contributed by atoms with Gasteiger partial charge in [0.25, 0.3) is 0 Å². The Morgan fingerprint density at radius 2 is 1.42 bits per heavy atom. The summed E-state index contributed by atoms with van der Waals surface area (Å²) in [5.41, 5.74) is 2.84. The van der Waals surface area contributed by atoms with Crippen LogP contribution in [0.3, 0.4) is 0 Å². The van der Waals surface area contributed by atoms with Crippen LogP contribution in [0.5, 0.6) is 5.75 Å². The predicted octanol–water partition coefficient (Wildman–Crippen LogP) is 5.47. The van der Waals surface area contributed by atoms with Crippen LogP contribution in [0.1, 0.15) is 21.5 Å². The zero-order chi connectivity index (χ0) is 16.9. The van der Waals surface area contributed by atoms with Crippen LogP contribution < -0.4 is 0 Å². The van der Waals surface area contributed by atoms with E-state index in [9.17, 15) is 9.90 Å². The molecule has 3 heteroatoms. The van der Waals surface area contributed by atoms with Gasteiger partial charge in [-0.25, -0.2) is 0 Å². The fourth-order valence-corrected chi connectivity index (χ4v) is 2.52. The molecule has 0 radical (unpaired) electrons. The van der Waals surface area contributed by atoms with Crippen LogP contribution in [0.25, 0.3) is 11.6 Å². The van der Waals surface area contributed by atoms with Crippen LogP contribution in [-0.2, 0) is 0 Å². The van der Waals surface area contributed by atoms with Gasteiger partial charge in [-0.3, -0.25) is 4.79 Å². The largest absolute Gasteiger partial charge is 0.508 e. The molecule has 0 aliphatic rings. The summed E-state index contributed by atoms with van der Waals surface area (Å²) in [7, 11) is 0. The van der Waals surface area contributed by atoms with Gasteiger partial charge in [0.1, 0.15) is 5.75 Å². The summed E-state index contributed by atoms with van der Waals surface area (Å²) in [5, 5.41) is 10.1. The van der Waals surface area contributed by atoms with Gasteiger partial charge in [0.2, 0.25) is 0 Å². The lowest BCUT2D eigenvalue weighted by molar-refractivity contribution is 0.105. The molecule has 0 heterocycles. The van der Waals surface area contributed by atoms with Crippen molar-refractivity contribution in [2.75, 3.05) is 0 Å². The summed E-state index contributed by atoms with van der Waals surface area (Å²) in [6, 6.07) is 23.1. The van der Waals surface area contributed by atoms with Gasteiger partial charge in [-0.2, -0.15) is 0 Å². The fourth-order valence-electron chi connectivity index (χ4n) is 2.39. The van der Waals surface area contributed by atoms with E-state index in [1.54, 1.807) is 24.3 Å². The van der Waals surface area contributed by atoms with Gasteiger partial charge in [-0.05, 0) is 53.6 Å². The molecule has 24 heavy (non-hydrogen) atoms. The van der Waals surface area contributed by atoms with Crippen LogP contribution >= 0.6 is 11.6 Å². The van der Waals surface area contributed by atoms with Crippen LogP contribution in [0.2, 0.25) is 5.02 Å². The minimum atomic E-state index is -0.101. The van der Waals surface area contributed by atoms with Crippen LogP contribution in [0, 0.1) is 0 Å². The molecule has 3 aromatic rings. The minimum Gasteiger partial charge on any atom is -0.508 e. The first-order valence-corrected chi connectivity index (χ1v) is 7.88. The number of phenols is 1. The molecule has 0 saturated carbocycles. The highest BCUT2D eigenvalue weighted by atomic mass is 35.5. The number of carbonyl (C=O) groups is 1. The molecule has 0 aromatic heterocycles. The van der Waals surface area contributed by atoms with Crippen molar-refractivity contribution in [3.8, 4) is 5.75 Å². The summed E-state index contributed by atoms with van der Waals surface area (Å²) in [4.78, 5) is 13.0. The molecule has 0 aliphatic heterocycles. The first-order valence-electron chi connectivity index (χ1n) is 7.50. The van der Waals surface area contributed by atoms with Crippen LogP contribution in [-0.4, -0.2) is 10.9 Å². The van der Waals surface area contributed by atoms with Gasteiger partial charge < -0.3 is 5.11 Å². The minimum absolute atomic E-state index is 0.101. The second-order valence-corrected chi connectivity index (χ2v) is 5.79. The molecule has 0 aliphatic carbocycles. The molecular formula is C21H15ClO2. The zero-order valence-corrected chi connectivity index (χ0v) is 13.6. The maximum atomic E-state index is 13.0. The van der Waals surface area contributed by atoms with Gasteiger partial charge in [0.05, 0.1) is 0 Å². The fraction of sp³-hybridized carbons (Fsp3) is 0. The molecule has 3 aromatic carbocycles. The van der Waals surface area contributed by atoms with Crippen molar-refractivity contribution in [3.05, 3.63) is 101 Å². The standard InChI is InChI=1S/C21H15ClO2/c22-18-10-6-15(7-11-18)14-20(16-4-2-1-3-5-16)21(24)17-8-12-19(23)13-9-17/h1-14,23H/b20-14-. The number of hydrogen-bond acceptors (Lipinski definition) is 2. The number of hydrogen-bond donors (Lipinski definition) is 1. The van der Waals surface area contributed by atoms with Crippen molar-refractivity contribution in [3.63, 3.8) is 0 Å². The maximum absolute atomic E-state index is 13.0. The Hall–Kier alpha value is -2.84. The molecule has 2 nitrogen and oxygen atoms in total. The highest BCUT2D eigenvalue weighted by Crippen LogP contribution is 2.24. The Morgan fingerprint density at radius 3 is 2.04 bits per heavy atom. The van der Waals surface area contributed by atoms with E-state index in [4.69, 9.17) is 11.6 Å². The number of allylic oxidation sites excluding steroid dienone is 1. The second kappa shape index (κ2) is 7.16. The Morgan fingerprint density at radius 1 is 0.792 bits per heavy atom. The lowest BCUT2D eigenvalue weighted by Crippen LogP contribution is -2.02. The van der Waals surface area contributed by atoms with Crippen molar-refractivity contribution in [2.24, 2.45) is 0 Å². The lowest BCUT2D eigenvalue weighted by atomic mass is 9.95. The molecule has 0 fully saturated rings. The van der Waals surface area contributed by atoms with E-state index in [1.165, 1.54) is 12.1 Å². The molecule has 1 N–H and O–H groups in total. The Labute approximate surface area is 145 Å². The number of rotatable bonds is 4. The Kier molecular flexibility index (Phi) is 4.78. The monoisotopic (exact) mass is 334 g/mol. The van der Waals surface area contributed by atoms with E-state index in [0.29, 0.717) is 16.2 Å². The molecule has 0 atom stereocenters. The molecule has 0 spiro atoms. The molecule has 0 bridgehead atoms. The quantitative estimate of drug-likeness (QED) is 0.390. The Bertz CT molecular complexity index is 864. The van der Waals surface area contributed by atoms with Gasteiger partial charge in [-0.15, -0.1) is 0 Å². The molecule has 118 valence electrons. The van der Waals surface area contributed by atoms with Gasteiger partial charge in [0.15, 0.2) is 5.78 Å². The van der Waals surface area contributed by atoms with E-state index in [0.717, 1.165) is 11.1 Å². The molecule has 0 amide bonds. The number of halogens is 1. The van der Waals surface area contributed by atoms with E-state index < -0.39 is 0 Å². The highest BCUT2D eigenvalue weighted by Gasteiger charge is 2.14. The number of ketones is 1. The highest BCUT2D eigenvalue weighted by molar-refractivity contribution is 6.32. The van der Waals surface area contributed by atoms with E-state index in [-0.39, 0.29) is 11.5 Å². The molecule has 3 rings (SSSR count). The smallest absolute Gasteiger partial charge is 0.193 e. The molecule has 0 unspecified atom stereocenters. The number of aromatic hydroxyl groups is 1.